The van der Waals surface area contributed by atoms with Gasteiger partial charge in [0, 0.05) is 63.6 Å². The highest BCUT2D eigenvalue weighted by Gasteiger charge is 2.28. The van der Waals surface area contributed by atoms with Crippen LogP contribution in [0.3, 0.4) is 0 Å². The smallest absolute Gasteiger partial charge is 0.410 e. The van der Waals surface area contributed by atoms with Gasteiger partial charge in [0.25, 0.3) is 0 Å². The second-order valence-electron chi connectivity index (χ2n) is 8.04. The van der Waals surface area contributed by atoms with Crippen LogP contribution in [-0.2, 0) is 11.3 Å². The van der Waals surface area contributed by atoms with Crippen molar-refractivity contribution in [3.8, 4) is 0 Å². The van der Waals surface area contributed by atoms with E-state index >= 15 is 0 Å². The fourth-order valence-electron chi connectivity index (χ4n) is 4.12. The number of piperidine rings is 1. The van der Waals surface area contributed by atoms with Gasteiger partial charge in [0.1, 0.15) is 6.10 Å². The van der Waals surface area contributed by atoms with E-state index in [1.165, 1.54) is 5.56 Å². The Kier molecular flexibility index (Phi) is 6.65. The summed E-state index contributed by atoms with van der Waals surface area (Å²) in [5, 5.41) is 0. The lowest BCUT2D eigenvalue weighted by Crippen LogP contribution is -2.50. The number of hydrogen-bond donors (Lipinski definition) is 0. The first-order valence-corrected chi connectivity index (χ1v) is 10.6. The van der Waals surface area contributed by atoms with Gasteiger partial charge in [-0.3, -0.25) is 4.90 Å². The zero-order valence-electron chi connectivity index (χ0n) is 17.3. The molecule has 0 aromatic heterocycles. The molecule has 5 nitrogen and oxygen atoms in total. The minimum absolute atomic E-state index is 0.0992. The van der Waals surface area contributed by atoms with Crippen LogP contribution < -0.4 is 4.90 Å². The lowest BCUT2D eigenvalue weighted by molar-refractivity contribution is 0.0261. The Labute approximate surface area is 180 Å². The normalized spacial score (nSPS) is 18.3. The molecule has 0 spiro atoms. The molecule has 0 atom stereocenters. The van der Waals surface area contributed by atoms with Crippen LogP contribution in [0.15, 0.2) is 42.5 Å². The van der Waals surface area contributed by atoms with Gasteiger partial charge in [0.15, 0.2) is 17.5 Å². The lowest BCUT2D eigenvalue weighted by Gasteiger charge is -2.37. The molecule has 2 fully saturated rings. The number of halogens is 3. The van der Waals surface area contributed by atoms with Crippen LogP contribution in [0.2, 0.25) is 0 Å². The summed E-state index contributed by atoms with van der Waals surface area (Å²) in [5.41, 5.74) is 1.55. The van der Waals surface area contributed by atoms with E-state index in [0.29, 0.717) is 26.2 Å². The van der Waals surface area contributed by atoms with Gasteiger partial charge in [-0.25, -0.2) is 18.0 Å². The Morgan fingerprint density at radius 1 is 0.903 bits per heavy atom. The van der Waals surface area contributed by atoms with Gasteiger partial charge in [0.05, 0.1) is 0 Å². The molecule has 2 aromatic carbocycles. The van der Waals surface area contributed by atoms with E-state index in [0.717, 1.165) is 44.6 Å². The maximum atomic E-state index is 13.5. The minimum Gasteiger partial charge on any atom is -0.446 e. The SMILES string of the molecule is O=C(OC1CCN(Cc2ccccc2)CC1)N1CCN(c2cc(F)c(F)c(F)c2)CC1. The summed E-state index contributed by atoms with van der Waals surface area (Å²) >= 11 is 0. The van der Waals surface area contributed by atoms with Gasteiger partial charge in [-0.15, -0.1) is 0 Å². The third-order valence-electron chi connectivity index (χ3n) is 5.92. The van der Waals surface area contributed by atoms with E-state index < -0.39 is 17.5 Å². The molecule has 2 saturated heterocycles. The molecule has 2 aromatic rings. The average molecular weight is 433 g/mol. The zero-order valence-corrected chi connectivity index (χ0v) is 17.3. The number of amides is 1. The van der Waals surface area contributed by atoms with Gasteiger partial charge in [0.2, 0.25) is 0 Å². The van der Waals surface area contributed by atoms with Gasteiger partial charge < -0.3 is 14.5 Å². The predicted octanol–water partition coefficient (Wildman–Crippen LogP) is 4.03. The number of benzene rings is 2. The maximum absolute atomic E-state index is 13.5. The fourth-order valence-corrected chi connectivity index (χ4v) is 4.12. The molecule has 166 valence electrons. The Morgan fingerprint density at radius 3 is 2.13 bits per heavy atom. The van der Waals surface area contributed by atoms with Crippen LogP contribution in [0, 0.1) is 17.5 Å². The summed E-state index contributed by atoms with van der Waals surface area (Å²) in [4.78, 5) is 18.2. The molecule has 2 aliphatic heterocycles. The Hall–Kier alpha value is -2.74. The van der Waals surface area contributed by atoms with E-state index in [4.69, 9.17) is 4.74 Å². The van der Waals surface area contributed by atoms with Crippen molar-refractivity contribution in [2.75, 3.05) is 44.2 Å². The van der Waals surface area contributed by atoms with Gasteiger partial charge in [-0.1, -0.05) is 30.3 Å². The summed E-state index contributed by atoms with van der Waals surface area (Å²) in [6.45, 7) is 4.21. The number of hydrogen-bond acceptors (Lipinski definition) is 4. The van der Waals surface area contributed by atoms with Crippen molar-refractivity contribution in [3.05, 3.63) is 65.5 Å². The maximum Gasteiger partial charge on any atom is 0.410 e. The first-order valence-electron chi connectivity index (χ1n) is 10.6. The lowest BCUT2D eigenvalue weighted by atomic mass is 10.1. The van der Waals surface area contributed by atoms with Crippen LogP contribution in [-0.4, -0.2) is 61.3 Å². The van der Waals surface area contributed by atoms with Gasteiger partial charge >= 0.3 is 6.09 Å². The van der Waals surface area contributed by atoms with Crippen molar-refractivity contribution < 1.29 is 22.7 Å². The largest absolute Gasteiger partial charge is 0.446 e. The van der Waals surface area contributed by atoms with E-state index in [9.17, 15) is 18.0 Å². The van der Waals surface area contributed by atoms with Crippen LogP contribution in [0.1, 0.15) is 18.4 Å². The number of ether oxygens (including phenoxy) is 1. The third-order valence-corrected chi connectivity index (χ3v) is 5.92. The summed E-state index contributed by atoms with van der Waals surface area (Å²) in [7, 11) is 0. The topological polar surface area (TPSA) is 36.0 Å². The highest BCUT2D eigenvalue weighted by molar-refractivity contribution is 5.68. The molecule has 1 amide bonds. The Balaban J connectivity index is 1.22. The van der Waals surface area contributed by atoms with Crippen molar-refractivity contribution >= 4 is 11.8 Å². The summed E-state index contributed by atoms with van der Waals surface area (Å²) < 4.78 is 45.8. The highest BCUT2D eigenvalue weighted by atomic mass is 19.2. The zero-order chi connectivity index (χ0) is 21.8. The molecule has 0 saturated carbocycles. The van der Waals surface area contributed by atoms with Crippen LogP contribution in [0.4, 0.5) is 23.7 Å². The quantitative estimate of drug-likeness (QED) is 0.683. The minimum atomic E-state index is -1.47. The van der Waals surface area contributed by atoms with Gasteiger partial charge in [-0.2, -0.15) is 0 Å². The molecule has 31 heavy (non-hydrogen) atoms. The predicted molar refractivity (Wildman–Crippen MR) is 111 cm³/mol. The molecule has 2 aliphatic rings. The van der Waals surface area contributed by atoms with Crippen molar-refractivity contribution in [1.29, 1.82) is 0 Å². The number of rotatable bonds is 4. The van der Waals surface area contributed by atoms with Crippen molar-refractivity contribution in [2.45, 2.75) is 25.5 Å². The first-order chi connectivity index (χ1) is 15.0. The number of piperazine rings is 1. The molecule has 0 aliphatic carbocycles. The van der Waals surface area contributed by atoms with Crippen molar-refractivity contribution in [2.24, 2.45) is 0 Å². The highest BCUT2D eigenvalue weighted by Crippen LogP contribution is 2.23. The number of likely N-dealkylation sites (tertiary alicyclic amines) is 1. The molecule has 0 N–H and O–H groups in total. The average Bonchev–Trinajstić information content (AvgIpc) is 2.79. The molecule has 8 heteroatoms. The Morgan fingerprint density at radius 2 is 1.52 bits per heavy atom. The number of anilines is 1. The molecule has 0 radical (unpaired) electrons. The summed E-state index contributed by atoms with van der Waals surface area (Å²) in [5.74, 6) is -3.90. The van der Waals surface area contributed by atoms with Crippen LogP contribution in [0.5, 0.6) is 0 Å². The monoisotopic (exact) mass is 433 g/mol. The summed E-state index contributed by atoms with van der Waals surface area (Å²) in [6, 6.07) is 12.3. The second kappa shape index (κ2) is 9.60. The molecule has 0 bridgehead atoms. The number of carbonyl (C=O) groups is 1. The molecular formula is C23H26F3N3O2. The van der Waals surface area contributed by atoms with Crippen molar-refractivity contribution in [3.63, 3.8) is 0 Å². The van der Waals surface area contributed by atoms with E-state index in [-0.39, 0.29) is 17.9 Å². The van der Waals surface area contributed by atoms with Crippen LogP contribution >= 0.6 is 0 Å². The second-order valence-corrected chi connectivity index (χ2v) is 8.04. The standard InChI is InChI=1S/C23H26F3N3O2/c24-20-14-18(15-21(25)22(20)26)28-10-12-29(13-11-28)23(30)31-19-6-8-27(9-7-19)16-17-4-2-1-3-5-17/h1-5,14-15,19H,6-13,16H2. The van der Waals surface area contributed by atoms with E-state index in [1.807, 2.05) is 18.2 Å². The summed E-state index contributed by atoms with van der Waals surface area (Å²) in [6.07, 6.45) is 1.15. The molecular weight excluding hydrogens is 407 g/mol. The number of carbonyl (C=O) groups excluding carboxylic acids is 1. The fraction of sp³-hybridized carbons (Fsp3) is 0.435. The molecule has 4 rings (SSSR count). The van der Waals surface area contributed by atoms with E-state index in [1.54, 1.807) is 9.80 Å². The first kappa shape index (κ1) is 21.5. The Bertz CT molecular complexity index is 873. The third kappa shape index (κ3) is 5.31. The number of nitrogens with zero attached hydrogens (tertiary/aromatic N) is 3. The molecule has 2 heterocycles. The molecule has 0 unspecified atom stereocenters. The van der Waals surface area contributed by atoms with Gasteiger partial charge in [-0.05, 0) is 18.4 Å². The van der Waals surface area contributed by atoms with E-state index in [2.05, 4.69) is 17.0 Å². The van der Waals surface area contributed by atoms with Crippen molar-refractivity contribution in [1.82, 2.24) is 9.80 Å². The van der Waals surface area contributed by atoms with Crippen LogP contribution in [0.25, 0.3) is 0 Å².